The van der Waals surface area contributed by atoms with E-state index in [0.717, 1.165) is 11.8 Å². The number of hydrogen-bond acceptors (Lipinski definition) is 4. The first kappa shape index (κ1) is 12.6. The van der Waals surface area contributed by atoms with Crippen molar-refractivity contribution in [2.45, 2.75) is 11.9 Å². The Morgan fingerprint density at radius 3 is 2.11 bits per heavy atom. The molecule has 5 heteroatoms. The lowest BCUT2D eigenvalue weighted by molar-refractivity contribution is 0.479. The van der Waals surface area contributed by atoms with Crippen LogP contribution in [0.4, 0.5) is 0 Å². The Morgan fingerprint density at radius 2 is 1.61 bits per heavy atom. The molecule has 0 unspecified atom stereocenters. The summed E-state index contributed by atoms with van der Waals surface area (Å²) in [6.45, 7) is 1.99. The van der Waals surface area contributed by atoms with Crippen molar-refractivity contribution in [2.75, 3.05) is 6.26 Å². The standard InChI is InChI=1S/C13H13NO3S/c1-10-3-5-11(6-4-10)17-12-7-8-13(14-9-12)18(2,15)16/h3-9H,1-2H3. The largest absolute Gasteiger partial charge is 0.456 e. The third kappa shape index (κ3) is 3.07. The van der Waals surface area contributed by atoms with Crippen LogP contribution in [0.15, 0.2) is 47.6 Å². The summed E-state index contributed by atoms with van der Waals surface area (Å²) in [5, 5.41) is 0.0405. The smallest absolute Gasteiger partial charge is 0.192 e. The number of ether oxygens (including phenoxy) is 1. The maximum absolute atomic E-state index is 11.2. The molecule has 1 heterocycles. The van der Waals surface area contributed by atoms with Crippen LogP contribution in [0.25, 0.3) is 0 Å². The fraction of sp³-hybridized carbons (Fsp3) is 0.154. The molecule has 0 bridgehead atoms. The molecule has 94 valence electrons. The molecule has 0 N–H and O–H groups in total. The molecule has 0 atom stereocenters. The molecular weight excluding hydrogens is 250 g/mol. The Balaban J connectivity index is 2.18. The van der Waals surface area contributed by atoms with Gasteiger partial charge in [0.1, 0.15) is 11.5 Å². The second-order valence-electron chi connectivity index (χ2n) is 4.02. The summed E-state index contributed by atoms with van der Waals surface area (Å²) < 4.78 is 28.0. The summed E-state index contributed by atoms with van der Waals surface area (Å²) in [4.78, 5) is 3.85. The lowest BCUT2D eigenvalue weighted by atomic mass is 10.2. The van der Waals surface area contributed by atoms with Gasteiger partial charge in [-0.05, 0) is 31.2 Å². The SMILES string of the molecule is Cc1ccc(Oc2ccc(S(C)(=O)=O)nc2)cc1. The van der Waals surface area contributed by atoms with Crippen LogP contribution in [0.1, 0.15) is 5.56 Å². The first-order valence-corrected chi connectivity index (χ1v) is 7.25. The van der Waals surface area contributed by atoms with E-state index in [-0.39, 0.29) is 5.03 Å². The van der Waals surface area contributed by atoms with Crippen LogP contribution in [0.3, 0.4) is 0 Å². The molecular formula is C13H13NO3S. The number of benzene rings is 1. The fourth-order valence-corrected chi connectivity index (χ4v) is 1.95. The van der Waals surface area contributed by atoms with Gasteiger partial charge in [-0.3, -0.25) is 0 Å². The number of aromatic nitrogens is 1. The molecule has 0 saturated carbocycles. The van der Waals surface area contributed by atoms with Gasteiger partial charge in [-0.25, -0.2) is 13.4 Å². The minimum atomic E-state index is -3.26. The predicted octanol–water partition coefficient (Wildman–Crippen LogP) is 2.59. The lowest BCUT2D eigenvalue weighted by Gasteiger charge is -2.05. The Labute approximate surface area is 106 Å². The molecule has 0 amide bonds. The van der Waals surface area contributed by atoms with Crippen LogP contribution in [0.5, 0.6) is 11.5 Å². The van der Waals surface area contributed by atoms with Crippen LogP contribution in [0, 0.1) is 6.92 Å². The van der Waals surface area contributed by atoms with E-state index in [4.69, 9.17) is 4.74 Å². The summed E-state index contributed by atoms with van der Waals surface area (Å²) in [5.74, 6) is 1.20. The molecule has 0 radical (unpaired) electrons. The minimum Gasteiger partial charge on any atom is -0.456 e. The Morgan fingerprint density at radius 1 is 1.00 bits per heavy atom. The van der Waals surface area contributed by atoms with E-state index >= 15 is 0 Å². The quantitative estimate of drug-likeness (QED) is 0.854. The molecule has 0 spiro atoms. The summed E-state index contributed by atoms with van der Waals surface area (Å²) in [6.07, 6.45) is 2.52. The van der Waals surface area contributed by atoms with E-state index in [0.29, 0.717) is 11.5 Å². The average Bonchev–Trinajstić information content (AvgIpc) is 2.32. The monoisotopic (exact) mass is 263 g/mol. The van der Waals surface area contributed by atoms with Gasteiger partial charge in [0.15, 0.2) is 14.9 Å². The minimum absolute atomic E-state index is 0.0405. The maximum Gasteiger partial charge on any atom is 0.192 e. The Bertz CT molecular complexity index is 631. The Kier molecular flexibility index (Phi) is 3.34. The topological polar surface area (TPSA) is 56.3 Å². The highest BCUT2D eigenvalue weighted by Crippen LogP contribution is 2.21. The van der Waals surface area contributed by atoms with Gasteiger partial charge < -0.3 is 4.74 Å². The number of sulfone groups is 1. The normalized spacial score (nSPS) is 11.2. The van der Waals surface area contributed by atoms with Crippen molar-refractivity contribution in [3.63, 3.8) is 0 Å². The van der Waals surface area contributed by atoms with Crippen LogP contribution in [0.2, 0.25) is 0 Å². The van der Waals surface area contributed by atoms with Gasteiger partial charge in [0, 0.05) is 6.26 Å². The van der Waals surface area contributed by atoms with Gasteiger partial charge in [0.2, 0.25) is 0 Å². The first-order chi connectivity index (χ1) is 8.45. The van der Waals surface area contributed by atoms with E-state index in [1.165, 1.54) is 12.3 Å². The molecule has 18 heavy (non-hydrogen) atoms. The average molecular weight is 263 g/mol. The van der Waals surface area contributed by atoms with E-state index < -0.39 is 9.84 Å². The van der Waals surface area contributed by atoms with Crippen molar-refractivity contribution in [1.29, 1.82) is 0 Å². The van der Waals surface area contributed by atoms with Crippen molar-refractivity contribution in [2.24, 2.45) is 0 Å². The zero-order valence-electron chi connectivity index (χ0n) is 10.1. The number of rotatable bonds is 3. The first-order valence-electron chi connectivity index (χ1n) is 5.36. The Hall–Kier alpha value is -1.88. The van der Waals surface area contributed by atoms with E-state index in [2.05, 4.69) is 4.98 Å². The molecule has 4 nitrogen and oxygen atoms in total. The van der Waals surface area contributed by atoms with Gasteiger partial charge >= 0.3 is 0 Å². The zero-order chi connectivity index (χ0) is 13.2. The predicted molar refractivity (Wildman–Crippen MR) is 68.6 cm³/mol. The van der Waals surface area contributed by atoms with E-state index in [1.807, 2.05) is 31.2 Å². The van der Waals surface area contributed by atoms with Crippen LogP contribution < -0.4 is 4.74 Å². The van der Waals surface area contributed by atoms with Gasteiger partial charge in [0.25, 0.3) is 0 Å². The highest BCUT2D eigenvalue weighted by atomic mass is 32.2. The third-order valence-electron chi connectivity index (χ3n) is 2.35. The molecule has 0 aliphatic heterocycles. The van der Waals surface area contributed by atoms with Crippen LogP contribution in [-0.4, -0.2) is 19.7 Å². The van der Waals surface area contributed by atoms with Crippen LogP contribution in [-0.2, 0) is 9.84 Å². The van der Waals surface area contributed by atoms with E-state index in [9.17, 15) is 8.42 Å². The lowest BCUT2D eigenvalue weighted by Crippen LogP contribution is -1.99. The summed E-state index contributed by atoms with van der Waals surface area (Å²) in [5.41, 5.74) is 1.15. The second kappa shape index (κ2) is 4.78. The van der Waals surface area contributed by atoms with Gasteiger partial charge in [0.05, 0.1) is 6.20 Å². The molecule has 1 aromatic carbocycles. The van der Waals surface area contributed by atoms with Crippen molar-refractivity contribution in [3.8, 4) is 11.5 Å². The van der Waals surface area contributed by atoms with Crippen molar-refractivity contribution in [1.82, 2.24) is 4.98 Å². The summed E-state index contributed by atoms with van der Waals surface area (Å²) in [6, 6.07) is 10.6. The number of nitrogens with zero attached hydrogens (tertiary/aromatic N) is 1. The van der Waals surface area contributed by atoms with Gasteiger partial charge in [-0.2, -0.15) is 0 Å². The third-order valence-corrected chi connectivity index (χ3v) is 3.35. The van der Waals surface area contributed by atoms with Gasteiger partial charge in [-0.1, -0.05) is 17.7 Å². The number of aryl methyl sites for hydroxylation is 1. The van der Waals surface area contributed by atoms with Gasteiger partial charge in [-0.15, -0.1) is 0 Å². The number of pyridine rings is 1. The van der Waals surface area contributed by atoms with Crippen molar-refractivity contribution < 1.29 is 13.2 Å². The molecule has 1 aromatic heterocycles. The number of hydrogen-bond donors (Lipinski definition) is 0. The van der Waals surface area contributed by atoms with Crippen molar-refractivity contribution in [3.05, 3.63) is 48.2 Å². The summed E-state index contributed by atoms with van der Waals surface area (Å²) in [7, 11) is -3.26. The maximum atomic E-state index is 11.2. The fourth-order valence-electron chi connectivity index (χ4n) is 1.39. The molecule has 0 aliphatic carbocycles. The van der Waals surface area contributed by atoms with E-state index in [1.54, 1.807) is 6.07 Å². The summed E-state index contributed by atoms with van der Waals surface area (Å²) >= 11 is 0. The molecule has 0 aliphatic rings. The zero-order valence-corrected chi connectivity index (χ0v) is 10.9. The highest BCUT2D eigenvalue weighted by molar-refractivity contribution is 7.90. The molecule has 0 fully saturated rings. The molecule has 2 rings (SSSR count). The second-order valence-corrected chi connectivity index (χ2v) is 5.98. The van der Waals surface area contributed by atoms with Crippen LogP contribution >= 0.6 is 0 Å². The highest BCUT2D eigenvalue weighted by Gasteiger charge is 2.08. The van der Waals surface area contributed by atoms with Crippen molar-refractivity contribution >= 4 is 9.84 Å². The molecule has 0 saturated heterocycles. The molecule has 2 aromatic rings.